The number of carbonyl (C=O) groups is 2. The van der Waals surface area contributed by atoms with Crippen molar-refractivity contribution < 1.29 is 27.2 Å². The lowest BCUT2D eigenvalue weighted by atomic mass is 9.96. The zero-order valence-corrected chi connectivity index (χ0v) is 17.1. The van der Waals surface area contributed by atoms with Gasteiger partial charge in [-0.1, -0.05) is 11.6 Å². The van der Waals surface area contributed by atoms with E-state index in [9.17, 15) is 27.2 Å². The van der Waals surface area contributed by atoms with Crippen molar-refractivity contribution in [2.75, 3.05) is 32.7 Å². The molecule has 1 unspecified atom stereocenters. The standard InChI is InChI=1S/C20H24ClF4N3O2/c21-15-8-14(9-16(22)10-15)19(30)26-11-13-3-6-27(7-4-13)12-18(29)28-5-1-2-17(28)20(23,24)25/h8-10,13,17H,1-7,11-12H2,(H,26,30). The minimum absolute atomic E-state index is 0.0204. The number of alkyl halides is 3. The number of nitrogens with zero attached hydrogens (tertiary/aromatic N) is 2. The van der Waals surface area contributed by atoms with Crippen LogP contribution in [0.15, 0.2) is 18.2 Å². The number of benzene rings is 1. The van der Waals surface area contributed by atoms with Crippen molar-refractivity contribution in [2.45, 2.75) is 37.9 Å². The molecule has 166 valence electrons. The highest BCUT2D eigenvalue weighted by Gasteiger charge is 2.47. The molecule has 0 aromatic heterocycles. The van der Waals surface area contributed by atoms with E-state index in [-0.39, 0.29) is 36.0 Å². The molecule has 10 heteroatoms. The van der Waals surface area contributed by atoms with Crippen LogP contribution in [0.25, 0.3) is 0 Å². The molecule has 0 spiro atoms. The summed E-state index contributed by atoms with van der Waals surface area (Å²) in [7, 11) is 0. The average molecular weight is 450 g/mol. The summed E-state index contributed by atoms with van der Waals surface area (Å²) in [5.41, 5.74) is 0.146. The Hall–Kier alpha value is -1.87. The van der Waals surface area contributed by atoms with Crippen LogP contribution in [-0.4, -0.2) is 66.6 Å². The predicted octanol–water partition coefficient (Wildman–Crippen LogP) is 3.47. The Balaban J connectivity index is 1.42. The van der Waals surface area contributed by atoms with Crippen LogP contribution in [0.1, 0.15) is 36.0 Å². The van der Waals surface area contributed by atoms with Crippen LogP contribution >= 0.6 is 11.6 Å². The molecule has 2 amide bonds. The highest BCUT2D eigenvalue weighted by Crippen LogP contribution is 2.32. The summed E-state index contributed by atoms with van der Waals surface area (Å²) < 4.78 is 52.5. The van der Waals surface area contributed by atoms with Gasteiger partial charge in [0.1, 0.15) is 11.9 Å². The number of hydrogen-bond acceptors (Lipinski definition) is 3. The van der Waals surface area contributed by atoms with Gasteiger partial charge in [-0.25, -0.2) is 4.39 Å². The maximum Gasteiger partial charge on any atom is 0.408 e. The van der Waals surface area contributed by atoms with Gasteiger partial charge >= 0.3 is 6.18 Å². The average Bonchev–Trinajstić information content (AvgIpc) is 3.17. The van der Waals surface area contributed by atoms with Crippen molar-refractivity contribution >= 4 is 23.4 Å². The zero-order valence-electron chi connectivity index (χ0n) is 16.4. The van der Waals surface area contributed by atoms with E-state index in [1.54, 1.807) is 0 Å². The van der Waals surface area contributed by atoms with Crippen molar-refractivity contribution in [1.29, 1.82) is 0 Å². The summed E-state index contributed by atoms with van der Waals surface area (Å²) in [6.07, 6.45) is -2.63. The molecular weight excluding hydrogens is 426 g/mol. The van der Waals surface area contributed by atoms with E-state index >= 15 is 0 Å². The summed E-state index contributed by atoms with van der Waals surface area (Å²) in [5, 5.41) is 2.91. The van der Waals surface area contributed by atoms with Crippen LogP contribution in [0, 0.1) is 11.7 Å². The highest BCUT2D eigenvalue weighted by atomic mass is 35.5. The van der Waals surface area contributed by atoms with Gasteiger partial charge in [-0.3, -0.25) is 14.5 Å². The number of halogens is 5. The fourth-order valence-electron chi connectivity index (χ4n) is 4.06. The van der Waals surface area contributed by atoms with Gasteiger partial charge in [0.25, 0.3) is 5.91 Å². The summed E-state index contributed by atoms with van der Waals surface area (Å²) in [4.78, 5) is 27.4. The third kappa shape index (κ3) is 5.85. The van der Waals surface area contributed by atoms with Gasteiger partial charge < -0.3 is 10.2 Å². The quantitative estimate of drug-likeness (QED) is 0.700. The van der Waals surface area contributed by atoms with E-state index in [1.807, 2.05) is 4.90 Å². The van der Waals surface area contributed by atoms with Crippen LogP contribution in [0.4, 0.5) is 17.6 Å². The fourth-order valence-corrected chi connectivity index (χ4v) is 4.28. The number of piperidine rings is 1. The lowest BCUT2D eigenvalue weighted by Crippen LogP contribution is -2.49. The Labute approximate surface area is 177 Å². The summed E-state index contributed by atoms with van der Waals surface area (Å²) in [6.45, 7) is 1.67. The van der Waals surface area contributed by atoms with E-state index in [1.165, 1.54) is 6.07 Å². The van der Waals surface area contributed by atoms with Gasteiger partial charge in [-0.15, -0.1) is 0 Å². The molecular formula is C20H24ClF4N3O2. The second-order valence-electron chi connectivity index (χ2n) is 7.87. The molecule has 2 heterocycles. The topological polar surface area (TPSA) is 52.7 Å². The van der Waals surface area contributed by atoms with Crippen molar-refractivity contribution in [3.8, 4) is 0 Å². The minimum Gasteiger partial charge on any atom is -0.352 e. The molecule has 30 heavy (non-hydrogen) atoms. The van der Waals surface area contributed by atoms with Gasteiger partial charge in [-0.05, 0) is 62.9 Å². The summed E-state index contributed by atoms with van der Waals surface area (Å²) in [6, 6.07) is 1.95. The normalized spacial score (nSPS) is 21.1. The monoisotopic (exact) mass is 449 g/mol. The van der Waals surface area contributed by atoms with E-state index in [0.717, 1.165) is 17.0 Å². The summed E-state index contributed by atoms with van der Waals surface area (Å²) >= 11 is 5.76. The molecule has 1 N–H and O–H groups in total. The molecule has 0 saturated carbocycles. The molecule has 1 aromatic rings. The molecule has 2 aliphatic rings. The molecule has 0 radical (unpaired) electrons. The van der Waals surface area contributed by atoms with E-state index in [0.29, 0.717) is 38.9 Å². The van der Waals surface area contributed by atoms with Crippen LogP contribution in [-0.2, 0) is 4.79 Å². The van der Waals surface area contributed by atoms with Gasteiger partial charge in [0.05, 0.1) is 6.54 Å². The molecule has 1 atom stereocenters. The van der Waals surface area contributed by atoms with E-state index in [2.05, 4.69) is 5.32 Å². The van der Waals surface area contributed by atoms with Crippen molar-refractivity contribution in [3.63, 3.8) is 0 Å². The van der Waals surface area contributed by atoms with Gasteiger partial charge in [0.15, 0.2) is 0 Å². The Morgan fingerprint density at radius 1 is 1.10 bits per heavy atom. The van der Waals surface area contributed by atoms with E-state index in [4.69, 9.17) is 11.6 Å². The number of rotatable bonds is 5. The highest BCUT2D eigenvalue weighted by molar-refractivity contribution is 6.31. The largest absolute Gasteiger partial charge is 0.408 e. The van der Waals surface area contributed by atoms with Gasteiger partial charge in [0, 0.05) is 23.7 Å². The molecule has 2 fully saturated rings. The van der Waals surface area contributed by atoms with Crippen molar-refractivity contribution in [2.24, 2.45) is 5.92 Å². The predicted molar refractivity (Wildman–Crippen MR) is 104 cm³/mol. The minimum atomic E-state index is -4.39. The second-order valence-corrected chi connectivity index (χ2v) is 8.31. The Kier molecular flexibility index (Phi) is 7.23. The number of likely N-dealkylation sites (tertiary alicyclic amines) is 2. The number of nitrogens with one attached hydrogen (secondary N) is 1. The first-order chi connectivity index (χ1) is 14.1. The second kappa shape index (κ2) is 9.51. The number of hydrogen-bond donors (Lipinski definition) is 1. The van der Waals surface area contributed by atoms with Crippen molar-refractivity contribution in [1.82, 2.24) is 15.1 Å². The SMILES string of the molecule is O=C(NCC1CCN(CC(=O)N2CCCC2C(F)(F)F)CC1)c1cc(F)cc(Cl)c1. The van der Waals surface area contributed by atoms with Crippen LogP contribution in [0.2, 0.25) is 5.02 Å². The molecule has 1 aromatic carbocycles. The first-order valence-electron chi connectivity index (χ1n) is 9.96. The first-order valence-corrected chi connectivity index (χ1v) is 10.3. The fraction of sp³-hybridized carbons (Fsp3) is 0.600. The Morgan fingerprint density at radius 2 is 1.80 bits per heavy atom. The third-order valence-electron chi connectivity index (χ3n) is 5.69. The van der Waals surface area contributed by atoms with Crippen LogP contribution in [0.5, 0.6) is 0 Å². The molecule has 2 aliphatic heterocycles. The maximum atomic E-state index is 13.4. The smallest absolute Gasteiger partial charge is 0.352 e. The number of carbonyl (C=O) groups excluding carboxylic acids is 2. The van der Waals surface area contributed by atoms with Crippen LogP contribution < -0.4 is 5.32 Å². The molecule has 2 saturated heterocycles. The molecule has 3 rings (SSSR count). The lowest BCUT2D eigenvalue weighted by Gasteiger charge is -2.34. The Morgan fingerprint density at radius 3 is 2.43 bits per heavy atom. The molecule has 5 nitrogen and oxygen atoms in total. The van der Waals surface area contributed by atoms with Gasteiger partial charge in [-0.2, -0.15) is 13.2 Å². The third-order valence-corrected chi connectivity index (χ3v) is 5.91. The first kappa shape index (κ1) is 22.8. The summed E-state index contributed by atoms with van der Waals surface area (Å²) in [5.74, 6) is -1.30. The number of amides is 2. The molecule has 0 bridgehead atoms. The molecule has 0 aliphatic carbocycles. The lowest BCUT2D eigenvalue weighted by molar-refractivity contribution is -0.183. The van der Waals surface area contributed by atoms with Gasteiger partial charge in [0.2, 0.25) is 5.91 Å². The zero-order chi connectivity index (χ0) is 21.9. The van der Waals surface area contributed by atoms with Crippen LogP contribution in [0.3, 0.4) is 0 Å². The van der Waals surface area contributed by atoms with E-state index < -0.39 is 29.8 Å². The Bertz CT molecular complexity index is 762. The van der Waals surface area contributed by atoms with Crippen molar-refractivity contribution in [3.05, 3.63) is 34.6 Å². The maximum absolute atomic E-state index is 13.4.